The number of benzene rings is 2. The van der Waals surface area contributed by atoms with Crippen molar-refractivity contribution in [3.8, 4) is 5.75 Å². The molecule has 1 atom stereocenters. The fraction of sp³-hybridized carbons (Fsp3) is 0.105. The minimum Gasteiger partial charge on any atom is -0.508 e. The molecule has 3 rings (SSSR count). The maximum Gasteiger partial charge on any atom is 0.327 e. The standard InChI is InChI=1S/C19H15NO4S2/c21-14-8-6-13(7-9-14)11-16-17(22)20(19(25)26-16)15(18(23)24)10-12-4-2-1-3-5-12/h1-9,11,15,21H,10H2,(H,23,24)/b16-11-/t15-/m0/s1. The van der Waals surface area contributed by atoms with Crippen molar-refractivity contribution in [2.45, 2.75) is 12.5 Å². The maximum absolute atomic E-state index is 12.8. The Bertz CT molecular complexity index is 878. The van der Waals surface area contributed by atoms with Gasteiger partial charge in [0.25, 0.3) is 5.91 Å². The third-order valence-corrected chi connectivity index (χ3v) is 5.21. The largest absolute Gasteiger partial charge is 0.508 e. The number of hydrogen-bond donors (Lipinski definition) is 2. The number of amides is 1. The number of thioether (sulfide) groups is 1. The molecule has 1 aliphatic heterocycles. The zero-order valence-electron chi connectivity index (χ0n) is 13.5. The predicted molar refractivity (Wildman–Crippen MR) is 105 cm³/mol. The van der Waals surface area contributed by atoms with Crippen molar-refractivity contribution in [2.75, 3.05) is 0 Å². The second kappa shape index (κ2) is 7.72. The summed E-state index contributed by atoms with van der Waals surface area (Å²) in [6.07, 6.45) is 1.81. The van der Waals surface area contributed by atoms with Crippen LogP contribution in [0.1, 0.15) is 11.1 Å². The number of phenolic OH excluding ortho intramolecular Hbond substituents is 1. The average molecular weight is 385 g/mol. The van der Waals surface area contributed by atoms with Gasteiger partial charge < -0.3 is 10.2 Å². The third kappa shape index (κ3) is 3.95. The normalized spacial score (nSPS) is 16.9. The van der Waals surface area contributed by atoms with E-state index in [1.165, 1.54) is 17.0 Å². The maximum atomic E-state index is 12.8. The van der Waals surface area contributed by atoms with E-state index in [9.17, 15) is 19.8 Å². The number of aromatic hydroxyl groups is 1. The van der Waals surface area contributed by atoms with Gasteiger partial charge in [0.05, 0.1) is 4.91 Å². The van der Waals surface area contributed by atoms with Gasteiger partial charge in [0.15, 0.2) is 0 Å². The molecule has 26 heavy (non-hydrogen) atoms. The molecule has 7 heteroatoms. The quantitative estimate of drug-likeness (QED) is 0.607. The Morgan fingerprint density at radius 2 is 1.81 bits per heavy atom. The summed E-state index contributed by atoms with van der Waals surface area (Å²) >= 11 is 6.35. The molecule has 1 aliphatic rings. The molecule has 0 unspecified atom stereocenters. The van der Waals surface area contributed by atoms with Gasteiger partial charge in [0.2, 0.25) is 0 Å². The molecule has 0 saturated carbocycles. The highest BCUT2D eigenvalue weighted by molar-refractivity contribution is 8.26. The number of hydrogen-bond acceptors (Lipinski definition) is 5. The van der Waals surface area contributed by atoms with E-state index in [2.05, 4.69) is 0 Å². The fourth-order valence-corrected chi connectivity index (χ4v) is 3.95. The van der Waals surface area contributed by atoms with Crippen molar-refractivity contribution in [1.29, 1.82) is 0 Å². The van der Waals surface area contributed by atoms with E-state index in [-0.39, 0.29) is 16.5 Å². The van der Waals surface area contributed by atoms with Crippen molar-refractivity contribution < 1.29 is 19.8 Å². The van der Waals surface area contributed by atoms with Crippen LogP contribution in [0, 0.1) is 0 Å². The van der Waals surface area contributed by atoms with Gasteiger partial charge in [-0.2, -0.15) is 0 Å². The van der Waals surface area contributed by atoms with Crippen LogP contribution in [-0.4, -0.2) is 37.4 Å². The molecule has 0 spiro atoms. The van der Waals surface area contributed by atoms with E-state index >= 15 is 0 Å². The molecule has 0 radical (unpaired) electrons. The smallest absolute Gasteiger partial charge is 0.327 e. The molecule has 0 bridgehead atoms. The minimum absolute atomic E-state index is 0.128. The number of thiocarbonyl (C=S) groups is 1. The molecule has 0 aliphatic carbocycles. The molecule has 1 fully saturated rings. The van der Waals surface area contributed by atoms with E-state index in [1.807, 2.05) is 30.3 Å². The van der Waals surface area contributed by atoms with E-state index in [0.29, 0.717) is 4.91 Å². The molecule has 1 heterocycles. The van der Waals surface area contributed by atoms with E-state index in [0.717, 1.165) is 22.9 Å². The second-order valence-electron chi connectivity index (χ2n) is 5.69. The molecular formula is C19H15NO4S2. The Labute approximate surface area is 160 Å². The zero-order chi connectivity index (χ0) is 18.7. The van der Waals surface area contributed by atoms with E-state index in [1.54, 1.807) is 18.2 Å². The Kier molecular flexibility index (Phi) is 5.39. The highest BCUT2D eigenvalue weighted by Crippen LogP contribution is 2.34. The molecule has 5 nitrogen and oxygen atoms in total. The van der Waals surface area contributed by atoms with Gasteiger partial charge in [-0.1, -0.05) is 66.4 Å². The van der Waals surface area contributed by atoms with Gasteiger partial charge in [-0.25, -0.2) is 4.79 Å². The average Bonchev–Trinajstić information content (AvgIpc) is 2.89. The molecule has 2 N–H and O–H groups in total. The van der Waals surface area contributed by atoms with Crippen LogP contribution >= 0.6 is 24.0 Å². The summed E-state index contributed by atoms with van der Waals surface area (Å²) in [5, 5.41) is 19.0. The number of carboxylic acids is 1. The van der Waals surface area contributed by atoms with Gasteiger partial charge in [0.1, 0.15) is 16.1 Å². The Morgan fingerprint density at radius 3 is 2.42 bits per heavy atom. The molecule has 1 amide bonds. The first-order valence-electron chi connectivity index (χ1n) is 7.78. The van der Waals surface area contributed by atoms with Crippen LogP contribution < -0.4 is 0 Å². The van der Waals surface area contributed by atoms with Crippen LogP contribution in [-0.2, 0) is 16.0 Å². The number of carboxylic acid groups (broad SMARTS) is 1. The predicted octanol–water partition coefficient (Wildman–Crippen LogP) is 3.29. The first kappa shape index (κ1) is 18.2. The lowest BCUT2D eigenvalue weighted by molar-refractivity contribution is -0.145. The van der Waals surface area contributed by atoms with Crippen molar-refractivity contribution in [2.24, 2.45) is 0 Å². The van der Waals surface area contributed by atoms with Gasteiger partial charge >= 0.3 is 5.97 Å². The summed E-state index contributed by atoms with van der Waals surface area (Å²) in [7, 11) is 0. The molecule has 2 aromatic carbocycles. The topological polar surface area (TPSA) is 77.8 Å². The molecular weight excluding hydrogens is 370 g/mol. The Morgan fingerprint density at radius 1 is 1.15 bits per heavy atom. The van der Waals surface area contributed by atoms with E-state index in [4.69, 9.17) is 12.2 Å². The summed E-state index contributed by atoms with van der Waals surface area (Å²) < 4.78 is 0.225. The minimum atomic E-state index is -1.10. The second-order valence-corrected chi connectivity index (χ2v) is 7.36. The van der Waals surface area contributed by atoms with Gasteiger partial charge in [0, 0.05) is 6.42 Å². The highest BCUT2D eigenvalue weighted by Gasteiger charge is 2.40. The van der Waals surface area contributed by atoms with Crippen LogP contribution in [0.15, 0.2) is 59.5 Å². The number of carbonyl (C=O) groups is 2. The summed E-state index contributed by atoms with van der Waals surface area (Å²) in [6.45, 7) is 0. The van der Waals surface area contributed by atoms with Gasteiger partial charge in [-0.05, 0) is 29.3 Å². The Balaban J connectivity index is 1.86. The lowest BCUT2D eigenvalue weighted by Crippen LogP contribution is -2.45. The van der Waals surface area contributed by atoms with E-state index < -0.39 is 17.9 Å². The van der Waals surface area contributed by atoms with Crippen LogP contribution in [0.2, 0.25) is 0 Å². The van der Waals surface area contributed by atoms with Gasteiger partial charge in [-0.3, -0.25) is 9.69 Å². The first-order chi connectivity index (χ1) is 12.5. The molecule has 0 aromatic heterocycles. The summed E-state index contributed by atoms with van der Waals surface area (Å²) in [6, 6.07) is 14.4. The lowest BCUT2D eigenvalue weighted by Gasteiger charge is -2.23. The fourth-order valence-electron chi connectivity index (χ4n) is 2.60. The number of nitrogens with zero attached hydrogens (tertiary/aromatic N) is 1. The van der Waals surface area contributed by atoms with Gasteiger partial charge in [-0.15, -0.1) is 0 Å². The highest BCUT2D eigenvalue weighted by atomic mass is 32.2. The van der Waals surface area contributed by atoms with Crippen LogP contribution in [0.5, 0.6) is 5.75 Å². The summed E-state index contributed by atoms with van der Waals surface area (Å²) in [5.74, 6) is -1.39. The number of carbonyl (C=O) groups excluding carboxylic acids is 1. The number of rotatable bonds is 5. The first-order valence-corrected chi connectivity index (χ1v) is 9.01. The SMILES string of the molecule is O=C(O)[C@H](Cc1ccccc1)N1C(=O)/C(=C/c2ccc(O)cc2)SC1=S. The monoisotopic (exact) mass is 385 g/mol. The summed E-state index contributed by atoms with van der Waals surface area (Å²) in [4.78, 5) is 26.1. The van der Waals surface area contributed by atoms with Crippen LogP contribution in [0.4, 0.5) is 0 Å². The summed E-state index contributed by atoms with van der Waals surface area (Å²) in [5.41, 5.74) is 1.54. The van der Waals surface area contributed by atoms with Crippen LogP contribution in [0.3, 0.4) is 0 Å². The third-order valence-electron chi connectivity index (χ3n) is 3.88. The van der Waals surface area contributed by atoms with Crippen molar-refractivity contribution in [3.05, 3.63) is 70.6 Å². The molecule has 132 valence electrons. The number of phenols is 1. The van der Waals surface area contributed by atoms with Crippen molar-refractivity contribution >= 4 is 46.3 Å². The number of aliphatic carboxylic acids is 1. The van der Waals surface area contributed by atoms with Crippen molar-refractivity contribution in [1.82, 2.24) is 4.90 Å². The Hall–Kier alpha value is -2.64. The zero-order valence-corrected chi connectivity index (χ0v) is 15.2. The molecule has 2 aromatic rings. The molecule has 1 saturated heterocycles. The van der Waals surface area contributed by atoms with Crippen molar-refractivity contribution in [3.63, 3.8) is 0 Å². The lowest BCUT2D eigenvalue weighted by atomic mass is 10.0. The van der Waals surface area contributed by atoms with Crippen LogP contribution in [0.25, 0.3) is 6.08 Å².